The van der Waals surface area contributed by atoms with E-state index in [1.54, 1.807) is 24.3 Å². The quantitative estimate of drug-likeness (QED) is 0.732. The molecule has 0 radical (unpaired) electrons. The van der Waals surface area contributed by atoms with Crippen molar-refractivity contribution in [2.45, 2.75) is 0 Å². The Morgan fingerprint density at radius 3 is 2.68 bits per heavy atom. The summed E-state index contributed by atoms with van der Waals surface area (Å²) in [5.41, 5.74) is 2.29. The molecule has 0 aliphatic carbocycles. The molecule has 3 aromatic rings. The zero-order valence-corrected chi connectivity index (χ0v) is 11.2. The van der Waals surface area contributed by atoms with Gasteiger partial charge in [0.15, 0.2) is 0 Å². The molecule has 0 aliphatic rings. The molecular weight excluding hydrogens is 281 g/mol. The average Bonchev–Trinajstić information content (AvgIpc) is 2.55. The maximum atomic E-state index is 13.4. The fourth-order valence-electron chi connectivity index (χ4n) is 2.10. The summed E-state index contributed by atoms with van der Waals surface area (Å²) in [4.78, 5) is 7.64. The number of nitrogens with zero attached hydrogens (tertiary/aromatic N) is 4. The first-order chi connectivity index (χ1) is 10.7. The molecule has 0 fully saturated rings. The Labute approximate surface area is 125 Å². The van der Waals surface area contributed by atoms with Crippen LogP contribution in [-0.4, -0.2) is 9.97 Å². The molecule has 0 atom stereocenters. The van der Waals surface area contributed by atoms with Crippen molar-refractivity contribution in [2.75, 3.05) is 5.32 Å². The Bertz CT molecular complexity index is 953. The third-order valence-corrected chi connectivity index (χ3v) is 3.10. The molecule has 104 valence electrons. The first-order valence-corrected chi connectivity index (χ1v) is 6.33. The monoisotopic (exact) mass is 289 g/mol. The van der Waals surface area contributed by atoms with E-state index in [1.165, 1.54) is 18.5 Å². The summed E-state index contributed by atoms with van der Waals surface area (Å²) in [6.07, 6.45) is 2.71. The number of nitriles is 2. The van der Waals surface area contributed by atoms with Crippen molar-refractivity contribution >= 4 is 22.3 Å². The molecule has 0 amide bonds. The maximum absolute atomic E-state index is 13.4. The Balaban J connectivity index is 2.18. The van der Waals surface area contributed by atoms with Crippen molar-refractivity contribution in [3.8, 4) is 12.1 Å². The van der Waals surface area contributed by atoms with Crippen molar-refractivity contribution in [1.82, 2.24) is 9.97 Å². The highest BCUT2D eigenvalue weighted by molar-refractivity contribution is 5.95. The summed E-state index contributed by atoms with van der Waals surface area (Å²) in [5.74, 6) is -0.654. The SMILES string of the molecule is N#Cc1cccc(Nc2c(C#N)cnc3cnc(F)cc23)c1. The molecule has 0 saturated carbocycles. The third-order valence-electron chi connectivity index (χ3n) is 3.10. The number of benzene rings is 1. The smallest absolute Gasteiger partial charge is 0.213 e. The molecule has 1 aromatic carbocycles. The van der Waals surface area contributed by atoms with Gasteiger partial charge in [-0.15, -0.1) is 0 Å². The number of anilines is 2. The molecule has 0 bridgehead atoms. The molecule has 5 nitrogen and oxygen atoms in total. The zero-order valence-electron chi connectivity index (χ0n) is 11.2. The van der Waals surface area contributed by atoms with Crippen molar-refractivity contribution in [3.63, 3.8) is 0 Å². The minimum atomic E-state index is -0.654. The fourth-order valence-corrected chi connectivity index (χ4v) is 2.10. The van der Waals surface area contributed by atoms with Crippen LogP contribution in [0.15, 0.2) is 42.7 Å². The van der Waals surface area contributed by atoms with Gasteiger partial charge in [0.05, 0.1) is 34.6 Å². The van der Waals surface area contributed by atoms with Crippen LogP contribution >= 0.6 is 0 Å². The summed E-state index contributed by atoms with van der Waals surface area (Å²) in [5, 5.41) is 21.7. The Hall–Kier alpha value is -3.51. The van der Waals surface area contributed by atoms with Gasteiger partial charge in [0.25, 0.3) is 0 Å². The van der Waals surface area contributed by atoms with Crippen molar-refractivity contribution in [3.05, 3.63) is 59.8 Å². The van der Waals surface area contributed by atoms with E-state index in [0.717, 1.165) is 0 Å². The molecule has 2 aromatic heterocycles. The van der Waals surface area contributed by atoms with Gasteiger partial charge < -0.3 is 5.32 Å². The second-order valence-electron chi connectivity index (χ2n) is 4.50. The van der Waals surface area contributed by atoms with Crippen LogP contribution in [0.5, 0.6) is 0 Å². The normalized spacial score (nSPS) is 9.95. The highest BCUT2D eigenvalue weighted by Gasteiger charge is 2.11. The Kier molecular flexibility index (Phi) is 3.35. The van der Waals surface area contributed by atoms with E-state index >= 15 is 0 Å². The van der Waals surface area contributed by atoms with E-state index in [4.69, 9.17) is 5.26 Å². The summed E-state index contributed by atoms with van der Waals surface area (Å²) in [6.45, 7) is 0. The number of halogens is 1. The van der Waals surface area contributed by atoms with E-state index in [9.17, 15) is 9.65 Å². The lowest BCUT2D eigenvalue weighted by Crippen LogP contribution is -1.98. The van der Waals surface area contributed by atoms with Crippen LogP contribution in [0.3, 0.4) is 0 Å². The Morgan fingerprint density at radius 2 is 1.91 bits per heavy atom. The van der Waals surface area contributed by atoms with E-state index < -0.39 is 5.95 Å². The second kappa shape index (κ2) is 5.47. The first-order valence-electron chi connectivity index (χ1n) is 6.33. The molecule has 0 spiro atoms. The van der Waals surface area contributed by atoms with E-state index in [0.29, 0.717) is 27.8 Å². The van der Waals surface area contributed by atoms with Gasteiger partial charge in [0.1, 0.15) is 6.07 Å². The van der Waals surface area contributed by atoms with Gasteiger partial charge in [0.2, 0.25) is 5.95 Å². The highest BCUT2D eigenvalue weighted by Crippen LogP contribution is 2.28. The largest absolute Gasteiger partial charge is 0.354 e. The number of pyridine rings is 2. The second-order valence-corrected chi connectivity index (χ2v) is 4.50. The topological polar surface area (TPSA) is 85.4 Å². The zero-order chi connectivity index (χ0) is 15.5. The highest BCUT2D eigenvalue weighted by atomic mass is 19.1. The molecule has 22 heavy (non-hydrogen) atoms. The molecule has 0 unspecified atom stereocenters. The van der Waals surface area contributed by atoms with Crippen LogP contribution in [0, 0.1) is 28.6 Å². The summed E-state index contributed by atoms with van der Waals surface area (Å²) in [7, 11) is 0. The minimum absolute atomic E-state index is 0.278. The van der Waals surface area contributed by atoms with Crippen LogP contribution in [0.4, 0.5) is 15.8 Å². The fraction of sp³-hybridized carbons (Fsp3) is 0. The van der Waals surface area contributed by atoms with Gasteiger partial charge in [-0.3, -0.25) is 4.98 Å². The first kappa shape index (κ1) is 13.5. The van der Waals surface area contributed by atoms with Crippen LogP contribution in [0.2, 0.25) is 0 Å². The van der Waals surface area contributed by atoms with E-state index in [1.807, 2.05) is 12.1 Å². The van der Waals surface area contributed by atoms with Crippen LogP contribution in [-0.2, 0) is 0 Å². The maximum Gasteiger partial charge on any atom is 0.213 e. The molecule has 2 heterocycles. The standard InChI is InChI=1S/C16H8FN5/c17-15-5-13-14(9-21-15)20-8-11(7-19)16(13)22-12-3-1-2-10(4-12)6-18/h1-5,8-9H,(H,20,22). The van der Waals surface area contributed by atoms with Gasteiger partial charge in [-0.2, -0.15) is 14.9 Å². The lowest BCUT2D eigenvalue weighted by atomic mass is 10.1. The predicted molar refractivity (Wildman–Crippen MR) is 78.7 cm³/mol. The molecule has 3 rings (SSSR count). The van der Waals surface area contributed by atoms with E-state index in [2.05, 4.69) is 15.3 Å². The summed E-state index contributed by atoms with van der Waals surface area (Å²) >= 11 is 0. The van der Waals surface area contributed by atoms with Gasteiger partial charge in [-0.05, 0) is 18.2 Å². The molecule has 6 heteroatoms. The van der Waals surface area contributed by atoms with Crippen molar-refractivity contribution < 1.29 is 4.39 Å². The predicted octanol–water partition coefficient (Wildman–Crippen LogP) is 3.26. The van der Waals surface area contributed by atoms with Gasteiger partial charge in [-0.1, -0.05) is 6.07 Å². The molecule has 0 aliphatic heterocycles. The Morgan fingerprint density at radius 1 is 1.05 bits per heavy atom. The number of hydrogen-bond acceptors (Lipinski definition) is 5. The van der Waals surface area contributed by atoms with Crippen molar-refractivity contribution in [1.29, 1.82) is 10.5 Å². The molecular formula is C16H8FN5. The lowest BCUT2D eigenvalue weighted by Gasteiger charge is -2.11. The number of nitrogens with one attached hydrogen (secondary N) is 1. The molecule has 0 saturated heterocycles. The lowest BCUT2D eigenvalue weighted by molar-refractivity contribution is 0.586. The van der Waals surface area contributed by atoms with Gasteiger partial charge >= 0.3 is 0 Å². The number of fused-ring (bicyclic) bond motifs is 1. The van der Waals surface area contributed by atoms with Gasteiger partial charge in [0, 0.05) is 23.3 Å². The summed E-state index contributed by atoms with van der Waals surface area (Å²) < 4.78 is 13.4. The van der Waals surface area contributed by atoms with Crippen LogP contribution in [0.25, 0.3) is 10.9 Å². The minimum Gasteiger partial charge on any atom is -0.354 e. The average molecular weight is 289 g/mol. The number of hydrogen-bond donors (Lipinski definition) is 1. The number of rotatable bonds is 2. The van der Waals surface area contributed by atoms with Crippen LogP contribution < -0.4 is 5.32 Å². The summed E-state index contributed by atoms with van der Waals surface area (Å²) in [6, 6.07) is 12.1. The van der Waals surface area contributed by atoms with Gasteiger partial charge in [-0.25, -0.2) is 4.98 Å². The van der Waals surface area contributed by atoms with E-state index in [-0.39, 0.29) is 5.56 Å². The molecule has 1 N–H and O–H groups in total. The third kappa shape index (κ3) is 2.41. The van der Waals surface area contributed by atoms with Crippen LogP contribution in [0.1, 0.15) is 11.1 Å². The van der Waals surface area contributed by atoms with Crippen molar-refractivity contribution in [2.24, 2.45) is 0 Å². The number of aromatic nitrogens is 2.